The number of morpholine rings is 1. The number of ether oxygens (including phenoxy) is 1. The number of nitrogens with one attached hydrogen (secondary N) is 1. The number of aromatic carboxylic acids is 1. The minimum atomic E-state index is -1.33. The SMILES string of the molecule is CNc1cc(F)c(F)c2c1Cc1ncc(-c3cnc4c(c3)c(=O)c(C(=O)O)cn4C)c(N3C[C@@H]4[C@@H](C3)OCCN4C)c1-2. The van der Waals surface area contributed by atoms with Gasteiger partial charge in [-0.15, -0.1) is 0 Å². The zero-order valence-electron chi connectivity index (χ0n) is 23.2. The third-order valence-electron chi connectivity index (χ3n) is 8.77. The Morgan fingerprint density at radius 1 is 1.14 bits per heavy atom. The Kier molecular flexibility index (Phi) is 6.03. The number of benzene rings is 1. The highest BCUT2D eigenvalue weighted by molar-refractivity contribution is 5.98. The quantitative estimate of drug-likeness (QED) is 0.334. The van der Waals surface area contributed by atoms with Crippen molar-refractivity contribution in [2.45, 2.75) is 18.6 Å². The van der Waals surface area contributed by atoms with E-state index in [1.807, 2.05) is 7.05 Å². The van der Waals surface area contributed by atoms with Crippen molar-refractivity contribution in [1.82, 2.24) is 19.4 Å². The molecular formula is C30H28F2N6O4. The average molecular weight is 575 g/mol. The molecule has 2 aliphatic heterocycles. The predicted octanol–water partition coefficient (Wildman–Crippen LogP) is 3.10. The van der Waals surface area contributed by atoms with Crippen molar-refractivity contribution in [2.75, 3.05) is 50.6 Å². The van der Waals surface area contributed by atoms with E-state index < -0.39 is 23.0 Å². The fraction of sp³-hybridized carbons (Fsp3) is 0.333. The van der Waals surface area contributed by atoms with Gasteiger partial charge in [-0.2, -0.15) is 0 Å². The van der Waals surface area contributed by atoms with E-state index in [1.165, 1.54) is 10.8 Å². The molecule has 5 heterocycles. The van der Waals surface area contributed by atoms with Crippen LogP contribution in [0.3, 0.4) is 0 Å². The minimum Gasteiger partial charge on any atom is -0.477 e. The summed E-state index contributed by atoms with van der Waals surface area (Å²) in [6.07, 6.45) is 4.76. The standard InChI is InChI=1S/C30H28F2N6O4/c1-33-20-8-19(31)26(32)24-15(20)7-21-25(24)27(38-12-22-23(13-38)42-5-4-36(22)2)17(10-34-21)14-6-16-28(39)18(30(40)41)11-37(3)29(16)35-9-14/h6,8-11,22-23,33H,4-5,7,12-13H2,1-3H3,(H,40,41)/t22-,23-/m1/s1. The van der Waals surface area contributed by atoms with Crippen molar-refractivity contribution in [1.29, 1.82) is 0 Å². The number of fused-ring (bicyclic) bond motifs is 5. The van der Waals surface area contributed by atoms with Crippen LogP contribution in [0.5, 0.6) is 0 Å². The lowest BCUT2D eigenvalue weighted by Crippen LogP contribution is -2.48. The second kappa shape index (κ2) is 9.57. The molecule has 0 radical (unpaired) electrons. The molecule has 10 nitrogen and oxygen atoms in total. The number of aryl methyl sites for hydroxylation is 1. The van der Waals surface area contributed by atoms with Crippen molar-refractivity contribution in [2.24, 2.45) is 7.05 Å². The van der Waals surface area contributed by atoms with Crippen LogP contribution in [-0.2, 0) is 18.2 Å². The minimum absolute atomic E-state index is 0.0772. The summed E-state index contributed by atoms with van der Waals surface area (Å²) in [5.41, 5.74) is 3.45. The molecule has 7 rings (SSSR count). The number of rotatable bonds is 4. The maximum absolute atomic E-state index is 15.7. The Hall–Kier alpha value is -4.42. The molecule has 2 fully saturated rings. The van der Waals surface area contributed by atoms with E-state index in [4.69, 9.17) is 9.72 Å². The molecule has 0 amide bonds. The fourth-order valence-corrected chi connectivity index (χ4v) is 6.68. The van der Waals surface area contributed by atoms with Crippen LogP contribution in [0.25, 0.3) is 33.3 Å². The molecule has 0 saturated carbocycles. The Morgan fingerprint density at radius 3 is 2.69 bits per heavy atom. The number of carbonyl (C=O) groups is 1. The zero-order valence-corrected chi connectivity index (χ0v) is 23.2. The average Bonchev–Trinajstić information content (AvgIpc) is 3.59. The molecule has 1 aromatic carbocycles. The Bertz CT molecular complexity index is 1880. The third-order valence-corrected chi connectivity index (χ3v) is 8.77. The van der Waals surface area contributed by atoms with Gasteiger partial charge in [-0.1, -0.05) is 0 Å². The third kappa shape index (κ3) is 3.82. The molecule has 4 aromatic rings. The van der Waals surface area contributed by atoms with Crippen LogP contribution in [0.4, 0.5) is 20.2 Å². The summed E-state index contributed by atoms with van der Waals surface area (Å²) in [5.74, 6) is -3.23. The van der Waals surface area contributed by atoms with E-state index in [-0.39, 0.29) is 28.7 Å². The van der Waals surface area contributed by atoms with Crippen LogP contribution in [0, 0.1) is 11.6 Å². The predicted molar refractivity (Wildman–Crippen MR) is 153 cm³/mol. The van der Waals surface area contributed by atoms with Gasteiger partial charge >= 0.3 is 5.97 Å². The lowest BCUT2D eigenvalue weighted by atomic mass is 9.97. The number of pyridine rings is 3. The van der Waals surface area contributed by atoms with E-state index in [1.54, 1.807) is 32.6 Å². The molecule has 12 heteroatoms. The van der Waals surface area contributed by atoms with Gasteiger partial charge in [0, 0.05) is 92.7 Å². The number of hydrogen-bond donors (Lipinski definition) is 2. The summed E-state index contributed by atoms with van der Waals surface area (Å²) >= 11 is 0. The van der Waals surface area contributed by atoms with E-state index in [0.29, 0.717) is 71.1 Å². The molecule has 216 valence electrons. The number of nitrogens with zero attached hydrogens (tertiary/aromatic N) is 5. The summed E-state index contributed by atoms with van der Waals surface area (Å²) in [5, 5.41) is 12.7. The molecule has 2 saturated heterocycles. The van der Waals surface area contributed by atoms with Crippen molar-refractivity contribution in [3.05, 3.63) is 69.4 Å². The number of anilines is 2. The zero-order chi connectivity index (χ0) is 29.4. The van der Waals surface area contributed by atoms with E-state index in [2.05, 4.69) is 20.1 Å². The molecule has 3 aromatic heterocycles. The summed E-state index contributed by atoms with van der Waals surface area (Å²) in [6, 6.07) is 2.87. The normalized spacial score (nSPS) is 19.6. The number of hydrogen-bond acceptors (Lipinski definition) is 8. The van der Waals surface area contributed by atoms with Crippen LogP contribution < -0.4 is 15.6 Å². The van der Waals surface area contributed by atoms with Gasteiger partial charge in [-0.3, -0.25) is 14.7 Å². The molecule has 1 aliphatic carbocycles. The monoisotopic (exact) mass is 574 g/mol. The van der Waals surface area contributed by atoms with Crippen LogP contribution in [0.1, 0.15) is 21.6 Å². The Balaban J connectivity index is 1.50. The number of carboxylic acids is 1. The Morgan fingerprint density at radius 2 is 1.95 bits per heavy atom. The van der Waals surface area contributed by atoms with Crippen LogP contribution in [-0.4, -0.2) is 83.0 Å². The van der Waals surface area contributed by atoms with Gasteiger partial charge in [0.25, 0.3) is 0 Å². The maximum atomic E-state index is 15.7. The second-order valence-electron chi connectivity index (χ2n) is 11.1. The highest BCUT2D eigenvalue weighted by Crippen LogP contribution is 2.50. The fourth-order valence-electron chi connectivity index (χ4n) is 6.68. The van der Waals surface area contributed by atoms with E-state index >= 15 is 4.39 Å². The number of aromatic nitrogens is 3. The first-order valence-electron chi connectivity index (χ1n) is 13.7. The lowest BCUT2D eigenvalue weighted by Gasteiger charge is -2.33. The summed E-state index contributed by atoms with van der Waals surface area (Å²) < 4.78 is 38.2. The van der Waals surface area contributed by atoms with Crippen molar-refractivity contribution < 1.29 is 23.4 Å². The van der Waals surface area contributed by atoms with E-state index in [0.717, 1.165) is 12.6 Å². The molecule has 42 heavy (non-hydrogen) atoms. The molecule has 3 aliphatic rings. The molecular weight excluding hydrogens is 546 g/mol. The van der Waals surface area contributed by atoms with Gasteiger partial charge < -0.3 is 24.6 Å². The van der Waals surface area contributed by atoms with Crippen molar-refractivity contribution in [3.8, 4) is 22.3 Å². The second-order valence-corrected chi connectivity index (χ2v) is 11.1. The highest BCUT2D eigenvalue weighted by Gasteiger charge is 2.42. The van der Waals surface area contributed by atoms with E-state index in [9.17, 15) is 19.1 Å². The molecule has 0 spiro atoms. The molecule has 0 unspecified atom stereocenters. The van der Waals surface area contributed by atoms with Crippen LogP contribution >= 0.6 is 0 Å². The molecule has 2 N–H and O–H groups in total. The maximum Gasteiger partial charge on any atom is 0.341 e. The largest absolute Gasteiger partial charge is 0.477 e. The van der Waals surface area contributed by atoms with Crippen molar-refractivity contribution in [3.63, 3.8) is 0 Å². The summed E-state index contributed by atoms with van der Waals surface area (Å²) in [4.78, 5) is 38.5. The van der Waals surface area contributed by atoms with Gasteiger partial charge in [-0.05, 0) is 18.7 Å². The lowest BCUT2D eigenvalue weighted by molar-refractivity contribution is -0.0362. The molecule has 0 bridgehead atoms. The first kappa shape index (κ1) is 26.5. The van der Waals surface area contributed by atoms with Gasteiger partial charge in [0.15, 0.2) is 11.6 Å². The van der Waals surface area contributed by atoms with Crippen molar-refractivity contribution >= 4 is 28.4 Å². The number of likely N-dealkylation sites (N-methyl/N-ethyl adjacent to an activating group) is 1. The van der Waals surface area contributed by atoms with Gasteiger partial charge in [0.1, 0.15) is 11.2 Å². The smallest absolute Gasteiger partial charge is 0.341 e. The van der Waals surface area contributed by atoms with Gasteiger partial charge in [0.05, 0.1) is 35.5 Å². The summed E-state index contributed by atoms with van der Waals surface area (Å²) in [7, 11) is 5.34. The first-order valence-corrected chi connectivity index (χ1v) is 13.7. The van der Waals surface area contributed by atoms with Gasteiger partial charge in [0.2, 0.25) is 5.43 Å². The first-order chi connectivity index (χ1) is 20.2. The topological polar surface area (TPSA) is 113 Å². The number of carboxylic acid groups (broad SMARTS) is 1. The highest BCUT2D eigenvalue weighted by atomic mass is 19.2. The summed E-state index contributed by atoms with van der Waals surface area (Å²) in [6.45, 7) is 2.50. The van der Waals surface area contributed by atoms with Gasteiger partial charge in [-0.25, -0.2) is 18.6 Å². The van der Waals surface area contributed by atoms with Crippen LogP contribution in [0.15, 0.2) is 35.5 Å². The van der Waals surface area contributed by atoms with Crippen LogP contribution in [0.2, 0.25) is 0 Å². The number of halogens is 2. The Labute approximate surface area is 239 Å². The molecule has 2 atom stereocenters.